The molecular formula is C24H30N4O. The maximum absolute atomic E-state index is 12.5. The Morgan fingerprint density at radius 1 is 1.03 bits per heavy atom. The second kappa shape index (κ2) is 9.52. The van der Waals surface area contributed by atoms with Crippen molar-refractivity contribution < 1.29 is 4.79 Å². The molecule has 3 rings (SSSR count). The summed E-state index contributed by atoms with van der Waals surface area (Å²) < 4.78 is 1.96. The molecule has 0 spiro atoms. The van der Waals surface area contributed by atoms with Gasteiger partial charge in [0, 0.05) is 18.7 Å². The molecule has 5 nitrogen and oxygen atoms in total. The van der Waals surface area contributed by atoms with E-state index in [1.165, 1.54) is 5.56 Å². The summed E-state index contributed by atoms with van der Waals surface area (Å²) in [6, 6.07) is 20.5. The molecule has 0 saturated carbocycles. The number of aromatic nitrogens is 2. The molecular weight excluding hydrogens is 360 g/mol. The number of aryl methyl sites for hydroxylation is 1. The lowest BCUT2D eigenvalue weighted by Crippen LogP contribution is -2.34. The molecule has 3 aromatic rings. The SMILES string of the molecule is Cc1nn(-c2ccccc2)c(C)c1CCC(=O)NC[C@@H](c1ccccc1)N(C)C. The number of nitrogens with one attached hydrogen (secondary N) is 1. The zero-order chi connectivity index (χ0) is 20.8. The molecule has 1 heterocycles. The summed E-state index contributed by atoms with van der Waals surface area (Å²) in [6.07, 6.45) is 1.14. The molecule has 1 N–H and O–H groups in total. The first-order valence-electron chi connectivity index (χ1n) is 10.1. The summed E-state index contributed by atoms with van der Waals surface area (Å²) in [4.78, 5) is 14.7. The van der Waals surface area contributed by atoms with Gasteiger partial charge in [0.2, 0.25) is 5.91 Å². The monoisotopic (exact) mass is 390 g/mol. The summed E-state index contributed by atoms with van der Waals surface area (Å²) in [5.41, 5.74) is 5.47. The number of nitrogens with zero attached hydrogens (tertiary/aromatic N) is 3. The van der Waals surface area contributed by atoms with Crippen molar-refractivity contribution in [1.82, 2.24) is 20.0 Å². The third-order valence-corrected chi connectivity index (χ3v) is 5.34. The van der Waals surface area contributed by atoms with E-state index >= 15 is 0 Å². The molecule has 2 aromatic carbocycles. The van der Waals surface area contributed by atoms with Crippen molar-refractivity contribution >= 4 is 5.91 Å². The number of likely N-dealkylation sites (N-methyl/N-ethyl adjacent to an activating group) is 1. The number of carbonyl (C=O) groups is 1. The first-order valence-corrected chi connectivity index (χ1v) is 10.1. The third kappa shape index (κ3) is 5.12. The van der Waals surface area contributed by atoms with Crippen LogP contribution in [-0.2, 0) is 11.2 Å². The van der Waals surface area contributed by atoms with Crippen LogP contribution in [0.1, 0.15) is 35.0 Å². The number of hydrogen-bond acceptors (Lipinski definition) is 3. The number of carbonyl (C=O) groups excluding carboxylic acids is 1. The van der Waals surface area contributed by atoms with Gasteiger partial charge < -0.3 is 10.2 Å². The summed E-state index contributed by atoms with van der Waals surface area (Å²) in [6.45, 7) is 4.67. The van der Waals surface area contributed by atoms with Gasteiger partial charge in [-0.25, -0.2) is 4.68 Å². The van der Waals surface area contributed by atoms with Gasteiger partial charge in [-0.05, 0) is 57.6 Å². The second-order valence-electron chi connectivity index (χ2n) is 7.59. The maximum atomic E-state index is 12.5. The third-order valence-electron chi connectivity index (χ3n) is 5.34. The molecule has 0 fully saturated rings. The van der Waals surface area contributed by atoms with Crippen LogP contribution in [0.4, 0.5) is 0 Å². The number of benzene rings is 2. The van der Waals surface area contributed by atoms with Crippen LogP contribution in [0.2, 0.25) is 0 Å². The van der Waals surface area contributed by atoms with Crippen molar-refractivity contribution in [3.8, 4) is 5.69 Å². The zero-order valence-electron chi connectivity index (χ0n) is 17.7. The molecule has 0 aliphatic rings. The predicted octanol–water partition coefficient (Wildman–Crippen LogP) is 3.84. The molecule has 0 aliphatic carbocycles. The van der Waals surface area contributed by atoms with Gasteiger partial charge in [-0.2, -0.15) is 5.10 Å². The number of rotatable bonds is 8. The smallest absolute Gasteiger partial charge is 0.220 e. The fraction of sp³-hybridized carbons (Fsp3) is 0.333. The van der Waals surface area contributed by atoms with Crippen molar-refractivity contribution in [2.75, 3.05) is 20.6 Å². The summed E-state index contributed by atoms with van der Waals surface area (Å²) >= 11 is 0. The van der Waals surface area contributed by atoms with Crippen LogP contribution in [0.25, 0.3) is 5.69 Å². The fourth-order valence-electron chi connectivity index (χ4n) is 3.67. The fourth-order valence-corrected chi connectivity index (χ4v) is 3.67. The van der Waals surface area contributed by atoms with Gasteiger partial charge in [0.15, 0.2) is 0 Å². The van der Waals surface area contributed by atoms with Crippen LogP contribution in [0, 0.1) is 13.8 Å². The van der Waals surface area contributed by atoms with E-state index in [0.717, 1.165) is 22.6 Å². The van der Waals surface area contributed by atoms with E-state index in [-0.39, 0.29) is 11.9 Å². The van der Waals surface area contributed by atoms with E-state index in [2.05, 4.69) is 34.4 Å². The highest BCUT2D eigenvalue weighted by Crippen LogP contribution is 2.20. The van der Waals surface area contributed by atoms with Crippen LogP contribution in [0.15, 0.2) is 60.7 Å². The Hall–Kier alpha value is -2.92. The molecule has 0 radical (unpaired) electrons. The van der Waals surface area contributed by atoms with E-state index < -0.39 is 0 Å². The average molecular weight is 391 g/mol. The molecule has 1 atom stereocenters. The van der Waals surface area contributed by atoms with E-state index in [1.54, 1.807) is 0 Å². The van der Waals surface area contributed by atoms with Gasteiger partial charge in [-0.15, -0.1) is 0 Å². The van der Waals surface area contributed by atoms with Crippen LogP contribution in [0.3, 0.4) is 0 Å². The first-order chi connectivity index (χ1) is 14.0. The molecule has 1 amide bonds. The molecule has 0 unspecified atom stereocenters. The van der Waals surface area contributed by atoms with Crippen LogP contribution in [-0.4, -0.2) is 41.2 Å². The minimum atomic E-state index is 0.0686. The normalized spacial score (nSPS) is 12.2. The van der Waals surface area contributed by atoms with Gasteiger partial charge in [0.05, 0.1) is 17.4 Å². The number of hydrogen-bond donors (Lipinski definition) is 1. The molecule has 0 saturated heterocycles. The van der Waals surface area contributed by atoms with E-state index in [1.807, 2.05) is 74.2 Å². The number of para-hydroxylation sites is 1. The molecule has 29 heavy (non-hydrogen) atoms. The Morgan fingerprint density at radius 2 is 1.66 bits per heavy atom. The minimum absolute atomic E-state index is 0.0686. The van der Waals surface area contributed by atoms with Gasteiger partial charge in [0.1, 0.15) is 0 Å². The van der Waals surface area contributed by atoms with E-state index in [0.29, 0.717) is 19.4 Å². The quantitative estimate of drug-likeness (QED) is 0.636. The van der Waals surface area contributed by atoms with Crippen molar-refractivity contribution in [2.45, 2.75) is 32.7 Å². The Balaban J connectivity index is 1.60. The van der Waals surface area contributed by atoms with Crippen molar-refractivity contribution in [2.24, 2.45) is 0 Å². The molecule has 0 bridgehead atoms. The lowest BCUT2D eigenvalue weighted by atomic mass is 10.1. The topological polar surface area (TPSA) is 50.2 Å². The Bertz CT molecular complexity index is 932. The van der Waals surface area contributed by atoms with Crippen molar-refractivity contribution in [3.63, 3.8) is 0 Å². The Kier molecular flexibility index (Phi) is 6.83. The molecule has 5 heteroatoms. The Labute approximate surface area is 173 Å². The highest BCUT2D eigenvalue weighted by atomic mass is 16.1. The highest BCUT2D eigenvalue weighted by molar-refractivity contribution is 5.76. The van der Waals surface area contributed by atoms with Crippen molar-refractivity contribution in [1.29, 1.82) is 0 Å². The standard InChI is InChI=1S/C24H30N4O/c1-18-22(19(2)28(26-18)21-13-9-6-10-14-21)15-16-24(29)25-17-23(27(3)4)20-11-7-5-8-12-20/h5-14,23H,15-17H2,1-4H3,(H,25,29)/t23-/m0/s1. The zero-order valence-corrected chi connectivity index (χ0v) is 17.7. The van der Waals surface area contributed by atoms with E-state index in [4.69, 9.17) is 0 Å². The summed E-state index contributed by atoms with van der Waals surface area (Å²) in [7, 11) is 4.07. The van der Waals surface area contributed by atoms with Gasteiger partial charge in [-0.1, -0.05) is 48.5 Å². The molecule has 1 aromatic heterocycles. The summed E-state index contributed by atoms with van der Waals surface area (Å²) in [5, 5.41) is 7.78. The lowest BCUT2D eigenvalue weighted by molar-refractivity contribution is -0.121. The van der Waals surface area contributed by atoms with Crippen LogP contribution < -0.4 is 5.32 Å². The summed E-state index contributed by atoms with van der Waals surface area (Å²) in [5.74, 6) is 0.0686. The highest BCUT2D eigenvalue weighted by Gasteiger charge is 2.17. The molecule has 152 valence electrons. The maximum Gasteiger partial charge on any atom is 0.220 e. The van der Waals surface area contributed by atoms with Crippen LogP contribution >= 0.6 is 0 Å². The predicted molar refractivity (Wildman–Crippen MR) is 117 cm³/mol. The van der Waals surface area contributed by atoms with E-state index in [9.17, 15) is 4.79 Å². The lowest BCUT2D eigenvalue weighted by Gasteiger charge is -2.25. The first kappa shape index (κ1) is 20.8. The average Bonchev–Trinajstić information content (AvgIpc) is 3.01. The van der Waals surface area contributed by atoms with Crippen molar-refractivity contribution in [3.05, 3.63) is 83.2 Å². The minimum Gasteiger partial charge on any atom is -0.354 e. The second-order valence-corrected chi connectivity index (χ2v) is 7.59. The van der Waals surface area contributed by atoms with Gasteiger partial charge >= 0.3 is 0 Å². The van der Waals surface area contributed by atoms with Gasteiger partial charge in [-0.3, -0.25) is 4.79 Å². The molecule has 0 aliphatic heterocycles. The Morgan fingerprint density at radius 3 is 2.28 bits per heavy atom. The van der Waals surface area contributed by atoms with Crippen LogP contribution in [0.5, 0.6) is 0 Å². The largest absolute Gasteiger partial charge is 0.354 e. The van der Waals surface area contributed by atoms with Gasteiger partial charge in [0.25, 0.3) is 0 Å². The number of amides is 1.